The lowest BCUT2D eigenvalue weighted by Gasteiger charge is -2.15. The molecule has 0 spiro atoms. The van der Waals surface area contributed by atoms with Gasteiger partial charge in [-0.05, 0) is 30.4 Å². The van der Waals surface area contributed by atoms with Crippen LogP contribution in [0.4, 0.5) is 10.5 Å². The molecule has 1 aromatic carbocycles. The topological polar surface area (TPSA) is 50.4 Å². The van der Waals surface area contributed by atoms with E-state index in [2.05, 4.69) is 24.5 Å². The van der Waals surface area contributed by atoms with Crippen molar-refractivity contribution in [3.05, 3.63) is 29.8 Å². The first-order chi connectivity index (χ1) is 9.16. The summed E-state index contributed by atoms with van der Waals surface area (Å²) in [4.78, 5) is 11.9. The van der Waals surface area contributed by atoms with Crippen molar-refractivity contribution in [2.24, 2.45) is 0 Å². The number of nitrogens with one attached hydrogen (secondary N) is 2. The molecule has 0 saturated carbocycles. The largest absolute Gasteiger partial charge is 0.376 e. The van der Waals surface area contributed by atoms with Crippen LogP contribution in [0.15, 0.2) is 24.3 Å². The highest BCUT2D eigenvalue weighted by Crippen LogP contribution is 2.23. The highest BCUT2D eigenvalue weighted by Gasteiger charge is 2.16. The van der Waals surface area contributed by atoms with Gasteiger partial charge in [-0.3, -0.25) is 0 Å². The molecule has 1 aliphatic heterocycles. The minimum absolute atomic E-state index is 0.163. The van der Waals surface area contributed by atoms with Crippen molar-refractivity contribution < 1.29 is 9.53 Å². The molecule has 1 aromatic rings. The van der Waals surface area contributed by atoms with E-state index >= 15 is 0 Å². The van der Waals surface area contributed by atoms with Gasteiger partial charge in [0, 0.05) is 18.8 Å². The Bertz CT molecular complexity index is 426. The highest BCUT2D eigenvalue weighted by molar-refractivity contribution is 5.90. The Morgan fingerprint density at radius 1 is 1.42 bits per heavy atom. The molecule has 2 N–H and O–H groups in total. The van der Waals surface area contributed by atoms with Gasteiger partial charge in [-0.1, -0.05) is 32.0 Å². The molecule has 4 nitrogen and oxygen atoms in total. The Kier molecular flexibility index (Phi) is 4.80. The van der Waals surface area contributed by atoms with E-state index in [-0.39, 0.29) is 12.1 Å². The van der Waals surface area contributed by atoms with E-state index < -0.39 is 0 Å². The van der Waals surface area contributed by atoms with Crippen LogP contribution in [0.2, 0.25) is 0 Å². The predicted octanol–water partition coefficient (Wildman–Crippen LogP) is 3.11. The number of para-hydroxylation sites is 1. The van der Waals surface area contributed by atoms with Crippen LogP contribution in [0.3, 0.4) is 0 Å². The van der Waals surface area contributed by atoms with Crippen LogP contribution in [0.1, 0.15) is 38.2 Å². The number of carbonyl (C=O) groups is 1. The number of amides is 2. The Morgan fingerprint density at radius 3 is 2.89 bits per heavy atom. The molecule has 1 atom stereocenters. The number of hydrogen-bond acceptors (Lipinski definition) is 2. The van der Waals surface area contributed by atoms with Gasteiger partial charge in [0.05, 0.1) is 6.10 Å². The van der Waals surface area contributed by atoms with Crippen LogP contribution in [-0.4, -0.2) is 25.3 Å². The molecule has 0 aromatic heterocycles. The summed E-state index contributed by atoms with van der Waals surface area (Å²) in [5.74, 6) is 0.384. The molecule has 0 aliphatic carbocycles. The third-order valence-electron chi connectivity index (χ3n) is 3.35. The predicted molar refractivity (Wildman–Crippen MR) is 76.5 cm³/mol. The molecule has 1 aliphatic rings. The van der Waals surface area contributed by atoms with Crippen molar-refractivity contribution in [2.45, 2.75) is 38.7 Å². The van der Waals surface area contributed by atoms with Gasteiger partial charge in [-0.15, -0.1) is 0 Å². The second-order valence-electron chi connectivity index (χ2n) is 5.21. The number of rotatable bonds is 4. The SMILES string of the molecule is CC(C)c1ccccc1NC(=O)NCC1CCCO1. The first-order valence-corrected chi connectivity index (χ1v) is 6.92. The van der Waals surface area contributed by atoms with Crippen LogP contribution < -0.4 is 10.6 Å². The van der Waals surface area contributed by atoms with E-state index in [1.165, 1.54) is 0 Å². The highest BCUT2D eigenvalue weighted by atomic mass is 16.5. The first kappa shape index (κ1) is 13.9. The monoisotopic (exact) mass is 262 g/mol. The lowest BCUT2D eigenvalue weighted by atomic mass is 10.0. The van der Waals surface area contributed by atoms with E-state index in [0.717, 1.165) is 30.7 Å². The summed E-state index contributed by atoms with van der Waals surface area (Å²) in [7, 11) is 0. The van der Waals surface area contributed by atoms with Gasteiger partial charge in [-0.2, -0.15) is 0 Å². The van der Waals surface area contributed by atoms with Crippen LogP contribution in [-0.2, 0) is 4.74 Å². The fraction of sp³-hybridized carbons (Fsp3) is 0.533. The molecule has 104 valence electrons. The zero-order valence-corrected chi connectivity index (χ0v) is 11.6. The second-order valence-corrected chi connectivity index (χ2v) is 5.21. The molecule has 1 unspecified atom stereocenters. The smallest absolute Gasteiger partial charge is 0.319 e. The maximum atomic E-state index is 11.9. The third-order valence-corrected chi connectivity index (χ3v) is 3.35. The number of urea groups is 1. The standard InChI is InChI=1S/C15H22N2O2/c1-11(2)13-7-3-4-8-14(13)17-15(18)16-10-12-6-5-9-19-12/h3-4,7-8,11-12H,5-6,9-10H2,1-2H3,(H2,16,17,18). The van der Waals surface area contributed by atoms with E-state index in [9.17, 15) is 4.79 Å². The van der Waals surface area contributed by atoms with Crippen molar-refractivity contribution in [2.75, 3.05) is 18.5 Å². The van der Waals surface area contributed by atoms with E-state index in [4.69, 9.17) is 4.74 Å². The fourth-order valence-corrected chi connectivity index (χ4v) is 2.29. The van der Waals surface area contributed by atoms with Crippen molar-refractivity contribution in [1.29, 1.82) is 0 Å². The number of hydrogen-bond donors (Lipinski definition) is 2. The number of benzene rings is 1. The van der Waals surface area contributed by atoms with Gasteiger partial charge in [0.2, 0.25) is 0 Å². The van der Waals surface area contributed by atoms with E-state index in [1.54, 1.807) is 0 Å². The number of carbonyl (C=O) groups excluding carboxylic acids is 1. The average molecular weight is 262 g/mol. The summed E-state index contributed by atoms with van der Waals surface area (Å²) >= 11 is 0. The van der Waals surface area contributed by atoms with E-state index in [1.807, 2.05) is 24.3 Å². The fourth-order valence-electron chi connectivity index (χ4n) is 2.29. The van der Waals surface area contributed by atoms with Gasteiger partial charge in [-0.25, -0.2) is 4.79 Å². The minimum Gasteiger partial charge on any atom is -0.376 e. The molecule has 4 heteroatoms. The quantitative estimate of drug-likeness (QED) is 0.876. The number of anilines is 1. The molecule has 1 heterocycles. The zero-order valence-electron chi connectivity index (χ0n) is 11.6. The van der Waals surface area contributed by atoms with E-state index in [0.29, 0.717) is 12.5 Å². The van der Waals surface area contributed by atoms with Gasteiger partial charge in [0.25, 0.3) is 0 Å². The molecular formula is C15H22N2O2. The molecule has 1 fully saturated rings. The Balaban J connectivity index is 1.87. The van der Waals surface area contributed by atoms with Crippen molar-refractivity contribution in [3.63, 3.8) is 0 Å². The normalized spacial score (nSPS) is 18.6. The van der Waals surface area contributed by atoms with Crippen molar-refractivity contribution >= 4 is 11.7 Å². The maximum absolute atomic E-state index is 11.9. The van der Waals surface area contributed by atoms with Gasteiger partial charge in [0.1, 0.15) is 0 Å². The molecular weight excluding hydrogens is 240 g/mol. The van der Waals surface area contributed by atoms with Gasteiger partial charge < -0.3 is 15.4 Å². The summed E-state index contributed by atoms with van der Waals surface area (Å²) in [6.07, 6.45) is 2.29. The van der Waals surface area contributed by atoms with Crippen LogP contribution in [0.5, 0.6) is 0 Å². The maximum Gasteiger partial charge on any atom is 0.319 e. The summed E-state index contributed by atoms with van der Waals surface area (Å²) in [5.41, 5.74) is 2.03. The first-order valence-electron chi connectivity index (χ1n) is 6.92. The summed E-state index contributed by atoms with van der Waals surface area (Å²) in [6, 6.07) is 7.73. The average Bonchev–Trinajstić information content (AvgIpc) is 2.90. The lowest BCUT2D eigenvalue weighted by Crippen LogP contribution is -2.35. The van der Waals surface area contributed by atoms with Crippen LogP contribution >= 0.6 is 0 Å². The molecule has 0 radical (unpaired) electrons. The number of ether oxygens (including phenoxy) is 1. The Morgan fingerprint density at radius 2 is 2.21 bits per heavy atom. The van der Waals surface area contributed by atoms with Crippen LogP contribution in [0, 0.1) is 0 Å². The summed E-state index contributed by atoms with van der Waals surface area (Å²) < 4.78 is 5.47. The summed E-state index contributed by atoms with van der Waals surface area (Å²) in [5, 5.41) is 5.77. The molecule has 1 saturated heterocycles. The molecule has 0 bridgehead atoms. The minimum atomic E-state index is -0.163. The van der Waals surface area contributed by atoms with Crippen molar-refractivity contribution in [1.82, 2.24) is 5.32 Å². The summed E-state index contributed by atoms with van der Waals surface area (Å²) in [6.45, 7) is 5.62. The molecule has 2 amide bonds. The Labute approximate surface area is 114 Å². The van der Waals surface area contributed by atoms with Crippen LogP contribution in [0.25, 0.3) is 0 Å². The lowest BCUT2D eigenvalue weighted by molar-refractivity contribution is 0.112. The van der Waals surface area contributed by atoms with Gasteiger partial charge in [0.15, 0.2) is 0 Å². The zero-order chi connectivity index (χ0) is 13.7. The second kappa shape index (κ2) is 6.57. The van der Waals surface area contributed by atoms with Crippen molar-refractivity contribution in [3.8, 4) is 0 Å². The van der Waals surface area contributed by atoms with Gasteiger partial charge >= 0.3 is 6.03 Å². The third kappa shape index (κ3) is 3.96. The molecule has 2 rings (SSSR count). The Hall–Kier alpha value is -1.55. The molecule has 19 heavy (non-hydrogen) atoms.